The molecule has 1 aliphatic heterocycles. The van der Waals surface area contributed by atoms with Crippen molar-refractivity contribution in [3.63, 3.8) is 0 Å². The van der Waals surface area contributed by atoms with Crippen molar-refractivity contribution in [3.05, 3.63) is 57.6 Å². The predicted octanol–water partition coefficient (Wildman–Crippen LogP) is 4.43. The highest BCUT2D eigenvalue weighted by Gasteiger charge is 2.31. The zero-order chi connectivity index (χ0) is 15.7. The van der Waals surface area contributed by atoms with Crippen molar-refractivity contribution in [1.82, 2.24) is 0 Å². The molecular formula is C18H18BrNO2. The van der Waals surface area contributed by atoms with Gasteiger partial charge >= 0.3 is 0 Å². The van der Waals surface area contributed by atoms with Crippen LogP contribution in [0.1, 0.15) is 29.5 Å². The van der Waals surface area contributed by atoms with E-state index < -0.39 is 0 Å². The molecule has 3 nitrogen and oxygen atoms in total. The van der Waals surface area contributed by atoms with E-state index in [1.165, 1.54) is 0 Å². The quantitative estimate of drug-likeness (QED) is 0.876. The zero-order valence-corrected chi connectivity index (χ0v) is 14.2. The van der Waals surface area contributed by atoms with Gasteiger partial charge in [-0.2, -0.15) is 0 Å². The van der Waals surface area contributed by atoms with Gasteiger partial charge in [0.15, 0.2) is 0 Å². The van der Waals surface area contributed by atoms with Crippen LogP contribution < -0.4 is 10.1 Å². The van der Waals surface area contributed by atoms with Crippen LogP contribution in [0.4, 0.5) is 5.69 Å². The van der Waals surface area contributed by atoms with Crippen LogP contribution in [0.15, 0.2) is 40.9 Å². The van der Waals surface area contributed by atoms with E-state index in [0.717, 1.165) is 32.6 Å². The highest BCUT2D eigenvalue weighted by atomic mass is 79.9. The molecular weight excluding hydrogens is 342 g/mol. The Labute approximate surface area is 138 Å². The van der Waals surface area contributed by atoms with E-state index in [1.54, 1.807) is 0 Å². The van der Waals surface area contributed by atoms with Gasteiger partial charge in [-0.1, -0.05) is 34.1 Å². The van der Waals surface area contributed by atoms with Crippen LogP contribution in [0.3, 0.4) is 0 Å². The molecule has 0 aliphatic carbocycles. The third-order valence-electron chi connectivity index (χ3n) is 4.00. The SMILES string of the molecule is CCOc1ccc(Br)c(CC2C(=O)Nc3c(C)cccc32)c1. The van der Waals surface area contributed by atoms with Crippen molar-refractivity contribution < 1.29 is 9.53 Å². The third-order valence-corrected chi connectivity index (χ3v) is 4.77. The number of carbonyl (C=O) groups excluding carboxylic acids is 1. The van der Waals surface area contributed by atoms with Gasteiger partial charge in [-0.15, -0.1) is 0 Å². The molecule has 114 valence electrons. The molecule has 0 radical (unpaired) electrons. The Kier molecular flexibility index (Phi) is 4.21. The number of fused-ring (bicyclic) bond motifs is 1. The van der Waals surface area contributed by atoms with Gasteiger partial charge in [0.1, 0.15) is 5.75 Å². The molecule has 4 heteroatoms. The number of amides is 1. The fourth-order valence-electron chi connectivity index (χ4n) is 2.89. The van der Waals surface area contributed by atoms with Crippen molar-refractivity contribution >= 4 is 27.5 Å². The Balaban J connectivity index is 1.93. The number of aryl methyl sites for hydroxylation is 1. The molecule has 1 aliphatic rings. The Morgan fingerprint density at radius 2 is 2.09 bits per heavy atom. The molecule has 1 heterocycles. The standard InChI is InChI=1S/C18H18BrNO2/c1-3-22-13-7-8-16(19)12(9-13)10-15-14-6-4-5-11(2)17(14)20-18(15)21/h4-9,15H,3,10H2,1-2H3,(H,20,21). The molecule has 3 rings (SSSR count). The second kappa shape index (κ2) is 6.13. The summed E-state index contributed by atoms with van der Waals surface area (Å²) in [6, 6.07) is 12.0. The summed E-state index contributed by atoms with van der Waals surface area (Å²) in [6.07, 6.45) is 0.657. The van der Waals surface area contributed by atoms with E-state index in [0.29, 0.717) is 13.0 Å². The summed E-state index contributed by atoms with van der Waals surface area (Å²) in [4.78, 5) is 12.4. The Bertz CT molecular complexity index is 727. The minimum absolute atomic E-state index is 0.0676. The predicted molar refractivity (Wildman–Crippen MR) is 91.6 cm³/mol. The van der Waals surface area contributed by atoms with E-state index in [2.05, 4.69) is 21.2 Å². The van der Waals surface area contributed by atoms with Gasteiger partial charge in [-0.05, 0) is 55.2 Å². The number of benzene rings is 2. The summed E-state index contributed by atoms with van der Waals surface area (Å²) in [6.45, 7) is 4.62. The summed E-state index contributed by atoms with van der Waals surface area (Å²) in [7, 11) is 0. The van der Waals surface area contributed by atoms with Crippen LogP contribution >= 0.6 is 15.9 Å². The van der Waals surface area contributed by atoms with Gasteiger partial charge in [0.25, 0.3) is 0 Å². The van der Waals surface area contributed by atoms with Gasteiger partial charge in [0, 0.05) is 10.2 Å². The molecule has 2 aromatic carbocycles. The van der Waals surface area contributed by atoms with Gasteiger partial charge in [0.05, 0.1) is 12.5 Å². The molecule has 1 amide bonds. The second-order valence-corrected chi connectivity index (χ2v) is 6.33. The van der Waals surface area contributed by atoms with Crippen molar-refractivity contribution in [2.45, 2.75) is 26.2 Å². The lowest BCUT2D eigenvalue weighted by Gasteiger charge is -2.12. The van der Waals surface area contributed by atoms with Crippen LogP contribution in [0.25, 0.3) is 0 Å². The molecule has 1 N–H and O–H groups in total. The minimum Gasteiger partial charge on any atom is -0.494 e. The number of ether oxygens (including phenoxy) is 1. The smallest absolute Gasteiger partial charge is 0.232 e. The largest absolute Gasteiger partial charge is 0.494 e. The number of hydrogen-bond acceptors (Lipinski definition) is 2. The number of halogens is 1. The first-order valence-corrected chi connectivity index (χ1v) is 8.21. The van der Waals surface area contributed by atoms with Crippen LogP contribution in [0, 0.1) is 6.92 Å². The maximum atomic E-state index is 12.4. The van der Waals surface area contributed by atoms with Crippen LogP contribution in [-0.2, 0) is 11.2 Å². The highest BCUT2D eigenvalue weighted by Crippen LogP contribution is 2.38. The molecule has 1 unspecified atom stereocenters. The summed E-state index contributed by atoms with van der Waals surface area (Å²) >= 11 is 3.58. The molecule has 1 atom stereocenters. The second-order valence-electron chi connectivity index (χ2n) is 5.47. The number of anilines is 1. The minimum atomic E-state index is -0.150. The molecule has 22 heavy (non-hydrogen) atoms. The molecule has 0 saturated carbocycles. The Morgan fingerprint density at radius 1 is 1.27 bits per heavy atom. The summed E-state index contributed by atoms with van der Waals surface area (Å²) in [5, 5.41) is 3.01. The Morgan fingerprint density at radius 3 is 2.86 bits per heavy atom. The summed E-state index contributed by atoms with van der Waals surface area (Å²) < 4.78 is 6.56. The first kappa shape index (κ1) is 15.1. The normalized spacial score (nSPS) is 16.3. The number of rotatable bonds is 4. The third kappa shape index (κ3) is 2.75. The molecule has 0 fully saturated rings. The fourth-order valence-corrected chi connectivity index (χ4v) is 3.30. The average molecular weight is 360 g/mol. The lowest BCUT2D eigenvalue weighted by Crippen LogP contribution is -2.14. The van der Waals surface area contributed by atoms with Gasteiger partial charge in [-0.3, -0.25) is 4.79 Å². The summed E-state index contributed by atoms with van der Waals surface area (Å²) in [5.41, 5.74) is 4.24. The van der Waals surface area contributed by atoms with Crippen LogP contribution in [0.2, 0.25) is 0 Å². The maximum Gasteiger partial charge on any atom is 0.232 e. The first-order valence-electron chi connectivity index (χ1n) is 7.41. The number of para-hydroxylation sites is 1. The van der Waals surface area contributed by atoms with E-state index in [9.17, 15) is 4.79 Å². The fraction of sp³-hybridized carbons (Fsp3) is 0.278. The van der Waals surface area contributed by atoms with Crippen LogP contribution in [0.5, 0.6) is 5.75 Å². The molecule has 0 saturated heterocycles. The first-order chi connectivity index (χ1) is 10.6. The number of nitrogens with one attached hydrogen (secondary N) is 1. The lowest BCUT2D eigenvalue weighted by molar-refractivity contribution is -0.117. The zero-order valence-electron chi connectivity index (χ0n) is 12.7. The van der Waals surface area contributed by atoms with E-state index in [-0.39, 0.29) is 11.8 Å². The van der Waals surface area contributed by atoms with Gasteiger partial charge < -0.3 is 10.1 Å². The highest BCUT2D eigenvalue weighted by molar-refractivity contribution is 9.10. The van der Waals surface area contributed by atoms with Gasteiger partial charge in [0.2, 0.25) is 5.91 Å². The molecule has 0 bridgehead atoms. The van der Waals surface area contributed by atoms with Crippen molar-refractivity contribution in [2.75, 3.05) is 11.9 Å². The van der Waals surface area contributed by atoms with E-state index >= 15 is 0 Å². The topological polar surface area (TPSA) is 38.3 Å². The Hall–Kier alpha value is -1.81. The van der Waals surface area contributed by atoms with Crippen molar-refractivity contribution in [3.8, 4) is 5.75 Å². The monoisotopic (exact) mass is 359 g/mol. The molecule has 0 aromatic heterocycles. The number of hydrogen-bond donors (Lipinski definition) is 1. The molecule has 2 aromatic rings. The maximum absolute atomic E-state index is 12.4. The van der Waals surface area contributed by atoms with Crippen molar-refractivity contribution in [1.29, 1.82) is 0 Å². The van der Waals surface area contributed by atoms with E-state index in [1.807, 2.05) is 50.2 Å². The van der Waals surface area contributed by atoms with Crippen molar-refractivity contribution in [2.24, 2.45) is 0 Å². The van der Waals surface area contributed by atoms with E-state index in [4.69, 9.17) is 4.74 Å². The van der Waals surface area contributed by atoms with Gasteiger partial charge in [-0.25, -0.2) is 0 Å². The lowest BCUT2D eigenvalue weighted by atomic mass is 9.92. The van der Waals surface area contributed by atoms with Crippen LogP contribution in [-0.4, -0.2) is 12.5 Å². The number of carbonyl (C=O) groups is 1. The summed E-state index contributed by atoms with van der Waals surface area (Å²) in [5.74, 6) is 0.754. The average Bonchev–Trinajstić information content (AvgIpc) is 2.81. The molecule has 0 spiro atoms.